The first-order valence-electron chi connectivity index (χ1n) is 9.91. The molecule has 4 rings (SSSR count). The Balaban J connectivity index is 1.46. The van der Waals surface area contributed by atoms with Gasteiger partial charge in [0.15, 0.2) is 0 Å². The molecule has 0 spiro atoms. The quantitative estimate of drug-likeness (QED) is 0.567. The fourth-order valence-electron chi connectivity index (χ4n) is 3.59. The number of hydrogen-bond donors (Lipinski definition) is 2. The lowest BCUT2D eigenvalue weighted by Crippen LogP contribution is -2.50. The van der Waals surface area contributed by atoms with Crippen molar-refractivity contribution >= 4 is 23.1 Å². The van der Waals surface area contributed by atoms with Crippen molar-refractivity contribution in [3.8, 4) is 0 Å². The van der Waals surface area contributed by atoms with Crippen LogP contribution in [0.5, 0.6) is 0 Å². The fraction of sp³-hybridized carbons (Fsp3) is 0.350. The Labute approximate surface area is 176 Å². The molecule has 1 saturated heterocycles. The van der Waals surface area contributed by atoms with Crippen molar-refractivity contribution in [2.45, 2.75) is 19.9 Å². The second-order valence-corrected chi connectivity index (χ2v) is 7.27. The van der Waals surface area contributed by atoms with E-state index in [1.54, 1.807) is 16.8 Å². The van der Waals surface area contributed by atoms with Crippen LogP contribution in [0.3, 0.4) is 0 Å². The zero-order valence-corrected chi connectivity index (χ0v) is 17.2. The van der Waals surface area contributed by atoms with Crippen LogP contribution >= 0.6 is 0 Å². The Kier molecular flexibility index (Phi) is 5.51. The Hall–Kier alpha value is -3.60. The number of pyridine rings is 1. The third-order valence-corrected chi connectivity index (χ3v) is 5.24. The second kappa shape index (κ2) is 8.26. The van der Waals surface area contributed by atoms with Crippen LogP contribution in [0.25, 0.3) is 5.65 Å². The molecule has 3 aromatic heterocycles. The highest BCUT2D eigenvalue weighted by molar-refractivity contribution is 5.96. The maximum atomic E-state index is 14.4. The fourth-order valence-corrected chi connectivity index (χ4v) is 3.59. The summed E-state index contributed by atoms with van der Waals surface area (Å²) in [4.78, 5) is 45.9. The molecule has 0 bridgehead atoms. The molecule has 1 fully saturated rings. The second-order valence-electron chi connectivity index (χ2n) is 7.27. The molecule has 0 aromatic carbocycles. The largest absolute Gasteiger partial charge is 0.354 e. The Morgan fingerprint density at radius 1 is 1.29 bits per heavy atom. The standard InChI is InChI=1S/C20H22FN7O3/c1-3-12-9-28-16(24-19(12)30)8-13(25-28)10-26-6-7-27(17(29)11-26)15-5-4-14(20(31)22-2)23-18(15)21/h4-5,8-9H,3,6-7,10-11H2,1-2H3,(H,22,31)(H,24,30). The predicted octanol–water partition coefficient (Wildman–Crippen LogP) is 0.327. The summed E-state index contributed by atoms with van der Waals surface area (Å²) in [5, 5.41) is 6.86. The molecule has 0 aliphatic carbocycles. The lowest BCUT2D eigenvalue weighted by Gasteiger charge is -2.33. The van der Waals surface area contributed by atoms with Gasteiger partial charge in [0, 0.05) is 44.5 Å². The molecule has 0 unspecified atom stereocenters. The van der Waals surface area contributed by atoms with E-state index >= 15 is 0 Å². The predicted molar refractivity (Wildman–Crippen MR) is 110 cm³/mol. The number of aryl methyl sites for hydroxylation is 1. The van der Waals surface area contributed by atoms with Crippen LogP contribution < -0.4 is 15.8 Å². The molecule has 2 amide bonds. The van der Waals surface area contributed by atoms with Gasteiger partial charge in [-0.05, 0) is 18.6 Å². The van der Waals surface area contributed by atoms with E-state index in [-0.39, 0.29) is 35.9 Å². The minimum absolute atomic E-state index is 0.0500. The van der Waals surface area contributed by atoms with E-state index in [0.29, 0.717) is 36.4 Å². The summed E-state index contributed by atoms with van der Waals surface area (Å²) in [5.74, 6) is -1.63. The average molecular weight is 427 g/mol. The van der Waals surface area contributed by atoms with Crippen LogP contribution in [-0.4, -0.2) is 63.0 Å². The van der Waals surface area contributed by atoms with Crippen LogP contribution in [-0.2, 0) is 17.8 Å². The number of carbonyl (C=O) groups excluding carboxylic acids is 2. The van der Waals surface area contributed by atoms with Crippen molar-refractivity contribution in [2.75, 3.05) is 31.6 Å². The van der Waals surface area contributed by atoms with Gasteiger partial charge >= 0.3 is 0 Å². The summed E-state index contributed by atoms with van der Waals surface area (Å²) >= 11 is 0. The van der Waals surface area contributed by atoms with Crippen LogP contribution in [0.2, 0.25) is 0 Å². The molecule has 31 heavy (non-hydrogen) atoms. The molecule has 3 aromatic rings. The van der Waals surface area contributed by atoms with Crippen molar-refractivity contribution < 1.29 is 14.0 Å². The topological polar surface area (TPSA) is 116 Å². The highest BCUT2D eigenvalue weighted by Crippen LogP contribution is 2.21. The minimum atomic E-state index is -0.862. The maximum absolute atomic E-state index is 14.4. The van der Waals surface area contributed by atoms with Gasteiger partial charge < -0.3 is 15.2 Å². The summed E-state index contributed by atoms with van der Waals surface area (Å²) in [6, 6.07) is 4.56. The number of H-pyrrole nitrogens is 1. The van der Waals surface area contributed by atoms with Crippen molar-refractivity contribution in [1.82, 2.24) is 29.8 Å². The van der Waals surface area contributed by atoms with Crippen LogP contribution in [0.15, 0.2) is 29.2 Å². The van der Waals surface area contributed by atoms with E-state index < -0.39 is 11.9 Å². The lowest BCUT2D eigenvalue weighted by atomic mass is 10.2. The molecule has 11 heteroatoms. The van der Waals surface area contributed by atoms with Gasteiger partial charge in [0.05, 0.1) is 17.9 Å². The number of fused-ring (bicyclic) bond motifs is 1. The summed E-state index contributed by atoms with van der Waals surface area (Å²) < 4.78 is 16.0. The first-order valence-corrected chi connectivity index (χ1v) is 9.91. The Bertz CT molecular complexity index is 1220. The summed E-state index contributed by atoms with van der Waals surface area (Å²) in [6.07, 6.45) is 2.31. The molecule has 162 valence electrons. The number of rotatable bonds is 5. The van der Waals surface area contributed by atoms with Gasteiger partial charge in [0.2, 0.25) is 11.9 Å². The van der Waals surface area contributed by atoms with Crippen molar-refractivity contribution in [3.05, 3.63) is 57.6 Å². The number of aromatic amines is 1. The van der Waals surface area contributed by atoms with Gasteiger partial charge in [-0.25, -0.2) is 9.50 Å². The highest BCUT2D eigenvalue weighted by atomic mass is 19.1. The van der Waals surface area contributed by atoms with E-state index in [1.165, 1.54) is 24.1 Å². The van der Waals surface area contributed by atoms with E-state index in [9.17, 15) is 18.8 Å². The van der Waals surface area contributed by atoms with Gasteiger partial charge in [0.25, 0.3) is 11.5 Å². The van der Waals surface area contributed by atoms with E-state index in [4.69, 9.17) is 0 Å². The van der Waals surface area contributed by atoms with E-state index in [2.05, 4.69) is 20.4 Å². The van der Waals surface area contributed by atoms with Crippen LogP contribution in [0.1, 0.15) is 28.7 Å². The van der Waals surface area contributed by atoms with Gasteiger partial charge in [0.1, 0.15) is 11.3 Å². The van der Waals surface area contributed by atoms with Gasteiger partial charge in [-0.15, -0.1) is 0 Å². The van der Waals surface area contributed by atoms with Gasteiger partial charge in [-0.3, -0.25) is 19.3 Å². The molecular formula is C20H22FN7O3. The number of nitrogens with one attached hydrogen (secondary N) is 2. The first kappa shape index (κ1) is 20.7. The summed E-state index contributed by atoms with van der Waals surface area (Å²) in [7, 11) is 1.43. The molecule has 1 aliphatic heterocycles. The zero-order chi connectivity index (χ0) is 22.1. The monoisotopic (exact) mass is 427 g/mol. The molecule has 0 radical (unpaired) electrons. The first-order chi connectivity index (χ1) is 14.9. The molecular weight excluding hydrogens is 405 g/mol. The SMILES string of the molecule is CCc1cn2nc(CN3CCN(c4ccc(C(=O)NC)nc4F)C(=O)C3)cc2[nH]c1=O. The smallest absolute Gasteiger partial charge is 0.269 e. The number of nitrogens with zero attached hydrogens (tertiary/aromatic N) is 5. The molecule has 10 nitrogen and oxygen atoms in total. The normalized spacial score (nSPS) is 14.9. The number of amides is 2. The number of piperazine rings is 1. The number of aromatic nitrogens is 4. The lowest BCUT2D eigenvalue weighted by molar-refractivity contribution is -0.121. The van der Waals surface area contributed by atoms with Crippen molar-refractivity contribution in [2.24, 2.45) is 0 Å². The number of anilines is 1. The Morgan fingerprint density at radius 3 is 2.77 bits per heavy atom. The van der Waals surface area contributed by atoms with Crippen LogP contribution in [0, 0.1) is 5.95 Å². The van der Waals surface area contributed by atoms with E-state index in [0.717, 1.165) is 0 Å². The number of halogens is 1. The maximum Gasteiger partial charge on any atom is 0.269 e. The molecule has 2 N–H and O–H groups in total. The van der Waals surface area contributed by atoms with Crippen molar-refractivity contribution in [1.29, 1.82) is 0 Å². The van der Waals surface area contributed by atoms with Gasteiger partial charge in [-0.1, -0.05) is 6.92 Å². The third-order valence-electron chi connectivity index (χ3n) is 5.24. The highest BCUT2D eigenvalue weighted by Gasteiger charge is 2.28. The molecule has 0 atom stereocenters. The molecule has 1 aliphatic rings. The molecule has 0 saturated carbocycles. The molecule has 4 heterocycles. The number of hydrogen-bond acceptors (Lipinski definition) is 6. The summed E-state index contributed by atoms with van der Waals surface area (Å²) in [6.45, 7) is 3.19. The third kappa shape index (κ3) is 4.04. The van der Waals surface area contributed by atoms with E-state index in [1.807, 2.05) is 11.8 Å². The number of carbonyl (C=O) groups is 2. The summed E-state index contributed by atoms with van der Waals surface area (Å²) in [5.41, 5.74) is 1.81. The van der Waals surface area contributed by atoms with Crippen molar-refractivity contribution in [3.63, 3.8) is 0 Å². The average Bonchev–Trinajstić information content (AvgIpc) is 3.13. The zero-order valence-electron chi connectivity index (χ0n) is 17.2. The van der Waals surface area contributed by atoms with Crippen LogP contribution in [0.4, 0.5) is 10.1 Å². The van der Waals surface area contributed by atoms with Gasteiger partial charge in [-0.2, -0.15) is 9.49 Å². The Morgan fingerprint density at radius 2 is 2.10 bits per heavy atom. The minimum Gasteiger partial charge on any atom is -0.354 e.